The highest BCUT2D eigenvalue weighted by Gasteiger charge is 2.16. The van der Waals surface area contributed by atoms with Crippen LogP contribution in [-0.4, -0.2) is 17.1 Å². The molecule has 0 aliphatic rings. The molecule has 0 spiro atoms. The van der Waals surface area contributed by atoms with Crippen molar-refractivity contribution >= 4 is 5.97 Å². The van der Waals surface area contributed by atoms with Crippen molar-refractivity contribution in [3.05, 3.63) is 35.6 Å². The van der Waals surface area contributed by atoms with Gasteiger partial charge in [-0.15, -0.1) is 0 Å². The molecule has 15 heavy (non-hydrogen) atoms. The van der Waals surface area contributed by atoms with E-state index < -0.39 is 12.0 Å². The Balaban J connectivity index is 2.64. The molecule has 1 aromatic rings. The van der Waals surface area contributed by atoms with Gasteiger partial charge in [-0.3, -0.25) is 4.79 Å². The second kappa shape index (κ2) is 4.89. The third-order valence-electron chi connectivity index (χ3n) is 2.36. The van der Waals surface area contributed by atoms with Crippen LogP contribution in [0.15, 0.2) is 24.3 Å². The van der Waals surface area contributed by atoms with E-state index in [1.807, 2.05) is 6.92 Å². The number of carboxylic acids is 1. The van der Waals surface area contributed by atoms with Gasteiger partial charge in [0, 0.05) is 0 Å². The van der Waals surface area contributed by atoms with Gasteiger partial charge in [0.25, 0.3) is 0 Å². The van der Waals surface area contributed by atoms with E-state index in [2.05, 4.69) is 0 Å². The van der Waals surface area contributed by atoms with Gasteiger partial charge < -0.3 is 10.8 Å². The summed E-state index contributed by atoms with van der Waals surface area (Å²) in [6, 6.07) is 5.14. The molecule has 0 saturated heterocycles. The minimum absolute atomic E-state index is 0.0108. The Hall–Kier alpha value is -1.42. The summed E-state index contributed by atoms with van der Waals surface area (Å²) in [5.74, 6) is -1.30. The Labute approximate surface area is 87.7 Å². The summed E-state index contributed by atoms with van der Waals surface area (Å²) >= 11 is 0. The van der Waals surface area contributed by atoms with Crippen LogP contribution in [0.25, 0.3) is 0 Å². The van der Waals surface area contributed by atoms with Gasteiger partial charge in [0.05, 0.1) is 0 Å². The topological polar surface area (TPSA) is 63.3 Å². The fourth-order valence-corrected chi connectivity index (χ4v) is 1.41. The van der Waals surface area contributed by atoms with Gasteiger partial charge in [-0.1, -0.05) is 19.1 Å². The van der Waals surface area contributed by atoms with Crippen molar-refractivity contribution in [3.63, 3.8) is 0 Å². The Morgan fingerprint density at radius 2 is 2.00 bits per heavy atom. The summed E-state index contributed by atoms with van der Waals surface area (Å²) in [6.07, 6.45) is 0.348. The lowest BCUT2D eigenvalue weighted by molar-refractivity contribution is -0.138. The molecule has 0 aliphatic heterocycles. The van der Waals surface area contributed by atoms with Gasteiger partial charge in [-0.25, -0.2) is 4.39 Å². The molecule has 3 N–H and O–H groups in total. The van der Waals surface area contributed by atoms with Gasteiger partial charge in [0.2, 0.25) is 0 Å². The predicted octanol–water partition coefficient (Wildman–Crippen LogP) is 1.73. The minimum atomic E-state index is -1.01. The minimum Gasteiger partial charge on any atom is -0.480 e. The van der Waals surface area contributed by atoms with Gasteiger partial charge in [0.1, 0.15) is 11.9 Å². The number of hydrogen-bond donors (Lipinski definition) is 2. The standard InChI is InChI=1S/C11H14FNO2/c1-7(6-10(13)11(14)15)8-2-4-9(12)5-3-8/h2-5,7,10H,6,13H2,1H3,(H,14,15). The van der Waals surface area contributed by atoms with Crippen molar-refractivity contribution in [1.82, 2.24) is 0 Å². The molecule has 0 heterocycles. The van der Waals surface area contributed by atoms with E-state index in [-0.39, 0.29) is 11.7 Å². The third kappa shape index (κ3) is 3.32. The Morgan fingerprint density at radius 1 is 1.47 bits per heavy atom. The number of halogens is 1. The van der Waals surface area contributed by atoms with Crippen LogP contribution in [0.5, 0.6) is 0 Å². The average molecular weight is 211 g/mol. The molecule has 0 aromatic heterocycles. The fraction of sp³-hybridized carbons (Fsp3) is 0.364. The maximum Gasteiger partial charge on any atom is 0.320 e. The van der Waals surface area contributed by atoms with E-state index in [1.54, 1.807) is 12.1 Å². The average Bonchev–Trinajstić information content (AvgIpc) is 2.18. The molecule has 2 unspecified atom stereocenters. The summed E-state index contributed by atoms with van der Waals surface area (Å²) in [7, 11) is 0. The monoisotopic (exact) mass is 211 g/mol. The molecule has 82 valence electrons. The largest absolute Gasteiger partial charge is 0.480 e. The Morgan fingerprint density at radius 3 is 2.47 bits per heavy atom. The highest BCUT2D eigenvalue weighted by Crippen LogP contribution is 2.20. The zero-order valence-electron chi connectivity index (χ0n) is 8.48. The van der Waals surface area contributed by atoms with Gasteiger partial charge in [0.15, 0.2) is 0 Å². The lowest BCUT2D eigenvalue weighted by Crippen LogP contribution is -2.31. The van der Waals surface area contributed by atoms with E-state index in [4.69, 9.17) is 10.8 Å². The molecular weight excluding hydrogens is 197 g/mol. The molecule has 3 nitrogen and oxygen atoms in total. The quantitative estimate of drug-likeness (QED) is 0.797. The summed E-state index contributed by atoms with van der Waals surface area (Å²) in [6.45, 7) is 1.87. The number of hydrogen-bond acceptors (Lipinski definition) is 2. The van der Waals surface area contributed by atoms with Crippen LogP contribution in [0.3, 0.4) is 0 Å². The fourth-order valence-electron chi connectivity index (χ4n) is 1.41. The molecule has 4 heteroatoms. The SMILES string of the molecule is CC(CC(N)C(=O)O)c1ccc(F)cc1. The molecule has 0 bridgehead atoms. The molecule has 2 atom stereocenters. The number of benzene rings is 1. The third-order valence-corrected chi connectivity index (χ3v) is 2.36. The Kier molecular flexibility index (Phi) is 3.80. The lowest BCUT2D eigenvalue weighted by atomic mass is 9.94. The molecule has 0 amide bonds. The van der Waals surface area contributed by atoms with E-state index in [1.165, 1.54) is 12.1 Å². The van der Waals surface area contributed by atoms with Gasteiger partial charge in [-0.05, 0) is 30.0 Å². The molecular formula is C11H14FNO2. The first-order valence-electron chi connectivity index (χ1n) is 4.74. The lowest BCUT2D eigenvalue weighted by Gasteiger charge is -2.14. The van der Waals surface area contributed by atoms with Crippen molar-refractivity contribution in [2.75, 3.05) is 0 Å². The van der Waals surface area contributed by atoms with Crippen molar-refractivity contribution < 1.29 is 14.3 Å². The second-order valence-corrected chi connectivity index (χ2v) is 3.63. The van der Waals surface area contributed by atoms with Crippen molar-refractivity contribution in [1.29, 1.82) is 0 Å². The second-order valence-electron chi connectivity index (χ2n) is 3.63. The molecule has 1 rings (SSSR count). The first kappa shape index (κ1) is 11.7. The van der Waals surface area contributed by atoms with Crippen molar-refractivity contribution in [2.24, 2.45) is 5.73 Å². The van der Waals surface area contributed by atoms with Crippen molar-refractivity contribution in [3.8, 4) is 0 Å². The summed E-state index contributed by atoms with van der Waals surface area (Å²) < 4.78 is 12.6. The van der Waals surface area contributed by atoms with Gasteiger partial charge >= 0.3 is 5.97 Å². The maximum atomic E-state index is 12.6. The first-order valence-corrected chi connectivity index (χ1v) is 4.74. The maximum absolute atomic E-state index is 12.6. The number of rotatable bonds is 4. The summed E-state index contributed by atoms with van der Waals surface area (Å²) in [4.78, 5) is 10.5. The van der Waals surface area contributed by atoms with Crippen LogP contribution in [0, 0.1) is 5.82 Å². The predicted molar refractivity (Wildman–Crippen MR) is 55.0 cm³/mol. The van der Waals surface area contributed by atoms with Crippen LogP contribution in [0.1, 0.15) is 24.8 Å². The highest BCUT2D eigenvalue weighted by molar-refractivity contribution is 5.73. The number of nitrogens with two attached hydrogens (primary N) is 1. The number of carboxylic acid groups (broad SMARTS) is 1. The van der Waals surface area contributed by atoms with Crippen molar-refractivity contribution in [2.45, 2.75) is 25.3 Å². The Bertz CT molecular complexity index is 337. The zero-order chi connectivity index (χ0) is 11.4. The summed E-state index contributed by atoms with van der Waals surface area (Å²) in [5, 5.41) is 8.64. The van der Waals surface area contributed by atoms with Crippen LogP contribution >= 0.6 is 0 Å². The molecule has 0 radical (unpaired) electrons. The highest BCUT2D eigenvalue weighted by atomic mass is 19.1. The first-order chi connectivity index (χ1) is 7.00. The smallest absolute Gasteiger partial charge is 0.320 e. The van der Waals surface area contributed by atoms with Gasteiger partial charge in [-0.2, -0.15) is 0 Å². The van der Waals surface area contributed by atoms with Crippen LogP contribution < -0.4 is 5.73 Å². The number of aliphatic carboxylic acids is 1. The number of carbonyl (C=O) groups is 1. The normalized spacial score (nSPS) is 14.6. The zero-order valence-corrected chi connectivity index (χ0v) is 8.48. The summed E-state index contributed by atoms with van der Waals surface area (Å²) in [5.41, 5.74) is 6.31. The molecule has 0 aliphatic carbocycles. The molecule has 0 fully saturated rings. The van der Waals surface area contributed by atoms with Crippen LogP contribution in [0.4, 0.5) is 4.39 Å². The molecule has 0 saturated carbocycles. The van der Waals surface area contributed by atoms with E-state index >= 15 is 0 Å². The van der Waals surface area contributed by atoms with E-state index in [9.17, 15) is 9.18 Å². The van der Waals surface area contributed by atoms with E-state index in [0.717, 1.165) is 5.56 Å². The van der Waals surface area contributed by atoms with Crippen LogP contribution in [0.2, 0.25) is 0 Å². The van der Waals surface area contributed by atoms with Crippen LogP contribution in [-0.2, 0) is 4.79 Å². The molecule has 1 aromatic carbocycles. The van der Waals surface area contributed by atoms with E-state index in [0.29, 0.717) is 6.42 Å².